The van der Waals surface area contributed by atoms with Crippen LogP contribution in [0.3, 0.4) is 0 Å². The quantitative estimate of drug-likeness (QED) is 0.717. The molecule has 2 aromatic carbocycles. The van der Waals surface area contributed by atoms with Gasteiger partial charge in [-0.15, -0.1) is 0 Å². The Hall–Kier alpha value is -2.14. The summed E-state index contributed by atoms with van der Waals surface area (Å²) in [5.41, 5.74) is 7.81. The molecular formula is C14H13N3OS. The highest BCUT2D eigenvalue weighted by atomic mass is 32.2. The molecule has 0 aliphatic carbocycles. The average Bonchev–Trinajstić information content (AvgIpc) is 2.86. The van der Waals surface area contributed by atoms with Crippen LogP contribution in [0.1, 0.15) is 0 Å². The largest absolute Gasteiger partial charge is 0.497 e. The minimum atomic E-state index is 0.752. The Morgan fingerprint density at radius 3 is 3.00 bits per heavy atom. The van der Waals surface area contributed by atoms with E-state index in [9.17, 15) is 0 Å². The van der Waals surface area contributed by atoms with E-state index in [-0.39, 0.29) is 0 Å². The molecule has 5 heteroatoms. The van der Waals surface area contributed by atoms with Crippen LogP contribution in [0.25, 0.3) is 10.9 Å². The number of anilines is 1. The molecule has 0 spiro atoms. The summed E-state index contributed by atoms with van der Waals surface area (Å²) in [6.07, 6.45) is 1.77. The van der Waals surface area contributed by atoms with Crippen LogP contribution in [-0.4, -0.2) is 17.3 Å². The second-order valence-electron chi connectivity index (χ2n) is 4.13. The first-order valence-electron chi connectivity index (χ1n) is 5.81. The molecule has 0 aliphatic heterocycles. The fraction of sp³-hybridized carbons (Fsp3) is 0.0714. The Labute approximate surface area is 115 Å². The van der Waals surface area contributed by atoms with Crippen LogP contribution in [0.4, 0.5) is 5.69 Å². The zero-order valence-electron chi connectivity index (χ0n) is 10.4. The number of nitrogen functional groups attached to an aromatic ring is 1. The minimum Gasteiger partial charge on any atom is -0.497 e. The predicted octanol–water partition coefficient (Wildman–Crippen LogP) is 3.30. The van der Waals surface area contributed by atoms with E-state index in [0.29, 0.717) is 0 Å². The number of hydrogen-bond acceptors (Lipinski definition) is 4. The van der Waals surface area contributed by atoms with Gasteiger partial charge in [0.05, 0.1) is 18.8 Å². The first-order chi connectivity index (χ1) is 9.26. The fourth-order valence-electron chi connectivity index (χ4n) is 1.87. The zero-order valence-corrected chi connectivity index (χ0v) is 11.2. The molecule has 0 unspecified atom stereocenters. The van der Waals surface area contributed by atoms with Gasteiger partial charge in [-0.1, -0.05) is 17.8 Å². The van der Waals surface area contributed by atoms with E-state index >= 15 is 0 Å². The maximum Gasteiger partial charge on any atom is 0.119 e. The summed E-state index contributed by atoms with van der Waals surface area (Å²) in [6, 6.07) is 11.9. The van der Waals surface area contributed by atoms with E-state index < -0.39 is 0 Å². The van der Waals surface area contributed by atoms with Crippen molar-refractivity contribution in [3.05, 3.63) is 42.6 Å². The molecule has 0 bridgehead atoms. The van der Waals surface area contributed by atoms with Crippen molar-refractivity contribution in [2.45, 2.75) is 9.79 Å². The lowest BCUT2D eigenvalue weighted by Gasteiger charge is -2.07. The highest BCUT2D eigenvalue weighted by Gasteiger charge is 2.06. The van der Waals surface area contributed by atoms with Crippen molar-refractivity contribution in [1.29, 1.82) is 0 Å². The third-order valence-corrected chi connectivity index (χ3v) is 3.90. The van der Waals surface area contributed by atoms with Crippen LogP contribution >= 0.6 is 11.8 Å². The molecule has 0 amide bonds. The summed E-state index contributed by atoms with van der Waals surface area (Å²) in [4.78, 5) is 2.09. The number of rotatable bonds is 3. The number of aromatic nitrogens is 2. The van der Waals surface area contributed by atoms with Crippen LogP contribution in [-0.2, 0) is 0 Å². The van der Waals surface area contributed by atoms with Gasteiger partial charge in [-0.05, 0) is 30.3 Å². The van der Waals surface area contributed by atoms with E-state index in [1.807, 2.05) is 36.4 Å². The molecule has 0 aliphatic rings. The Morgan fingerprint density at radius 1 is 1.26 bits per heavy atom. The third kappa shape index (κ3) is 2.37. The molecule has 0 saturated heterocycles. The van der Waals surface area contributed by atoms with Crippen molar-refractivity contribution in [2.24, 2.45) is 0 Å². The van der Waals surface area contributed by atoms with Crippen LogP contribution in [0.5, 0.6) is 5.75 Å². The first kappa shape index (κ1) is 11.9. The Bertz CT molecular complexity index is 724. The van der Waals surface area contributed by atoms with Gasteiger partial charge in [-0.25, -0.2) is 0 Å². The number of hydrogen-bond donors (Lipinski definition) is 2. The van der Waals surface area contributed by atoms with E-state index in [1.165, 1.54) is 0 Å². The Morgan fingerprint density at radius 2 is 2.16 bits per heavy atom. The summed E-state index contributed by atoms with van der Waals surface area (Å²) in [5.74, 6) is 0.839. The van der Waals surface area contributed by atoms with Gasteiger partial charge in [0.1, 0.15) is 5.75 Å². The summed E-state index contributed by atoms with van der Waals surface area (Å²) in [7, 11) is 1.66. The normalized spacial score (nSPS) is 10.8. The number of nitrogens with zero attached hydrogens (tertiary/aromatic N) is 1. The highest BCUT2D eigenvalue weighted by molar-refractivity contribution is 7.99. The highest BCUT2D eigenvalue weighted by Crippen LogP contribution is 2.35. The smallest absolute Gasteiger partial charge is 0.119 e. The number of aromatic amines is 1. The maximum absolute atomic E-state index is 6.07. The molecule has 0 saturated carbocycles. The van der Waals surface area contributed by atoms with Crippen LogP contribution < -0.4 is 10.5 Å². The molecule has 3 rings (SSSR count). The lowest BCUT2D eigenvalue weighted by atomic mass is 10.2. The van der Waals surface area contributed by atoms with Crippen molar-refractivity contribution in [1.82, 2.24) is 10.2 Å². The van der Waals surface area contributed by atoms with Crippen molar-refractivity contribution in [3.8, 4) is 5.75 Å². The number of fused-ring (bicyclic) bond motifs is 1. The molecule has 3 N–H and O–H groups in total. The monoisotopic (exact) mass is 271 g/mol. The number of H-pyrrole nitrogens is 1. The van der Waals surface area contributed by atoms with Gasteiger partial charge >= 0.3 is 0 Å². The molecule has 0 atom stereocenters. The lowest BCUT2D eigenvalue weighted by molar-refractivity contribution is 0.413. The van der Waals surface area contributed by atoms with Gasteiger partial charge in [0.25, 0.3) is 0 Å². The summed E-state index contributed by atoms with van der Waals surface area (Å²) >= 11 is 1.61. The summed E-state index contributed by atoms with van der Waals surface area (Å²) in [6.45, 7) is 0. The molecule has 96 valence electrons. The summed E-state index contributed by atoms with van der Waals surface area (Å²) in [5, 5.41) is 7.98. The number of nitrogens with two attached hydrogens (primary N) is 1. The number of ether oxygens (including phenoxy) is 1. The van der Waals surface area contributed by atoms with Gasteiger partial charge in [0, 0.05) is 20.9 Å². The third-order valence-electron chi connectivity index (χ3n) is 2.84. The molecule has 0 radical (unpaired) electrons. The Kier molecular flexibility index (Phi) is 3.05. The van der Waals surface area contributed by atoms with E-state index in [4.69, 9.17) is 10.5 Å². The van der Waals surface area contributed by atoms with Crippen molar-refractivity contribution >= 4 is 28.4 Å². The minimum absolute atomic E-state index is 0.752. The van der Waals surface area contributed by atoms with E-state index in [1.54, 1.807) is 25.1 Å². The van der Waals surface area contributed by atoms with E-state index in [2.05, 4.69) is 10.2 Å². The van der Waals surface area contributed by atoms with Gasteiger partial charge in [-0.2, -0.15) is 5.10 Å². The lowest BCUT2D eigenvalue weighted by Crippen LogP contribution is -1.88. The standard InChI is InChI=1S/C14H13N3OS/c1-18-10-3-2-4-11(6-10)19-14-7-13-9(5-12(14)15)8-16-17-13/h2-8H,15H2,1H3,(H,16,17). The number of nitrogens with one attached hydrogen (secondary N) is 1. The zero-order chi connectivity index (χ0) is 13.2. The molecule has 19 heavy (non-hydrogen) atoms. The molecule has 1 aromatic heterocycles. The van der Waals surface area contributed by atoms with Crippen LogP contribution in [0.15, 0.2) is 52.4 Å². The van der Waals surface area contributed by atoms with Gasteiger partial charge < -0.3 is 10.5 Å². The van der Waals surface area contributed by atoms with E-state index in [0.717, 1.165) is 32.1 Å². The van der Waals surface area contributed by atoms with Crippen molar-refractivity contribution in [3.63, 3.8) is 0 Å². The maximum atomic E-state index is 6.07. The van der Waals surface area contributed by atoms with Crippen LogP contribution in [0, 0.1) is 0 Å². The molecule has 0 fully saturated rings. The van der Waals surface area contributed by atoms with Gasteiger partial charge in [0.2, 0.25) is 0 Å². The van der Waals surface area contributed by atoms with Crippen LogP contribution in [0.2, 0.25) is 0 Å². The predicted molar refractivity (Wildman–Crippen MR) is 77.6 cm³/mol. The Balaban J connectivity index is 1.97. The first-order valence-corrected chi connectivity index (χ1v) is 6.62. The molecule has 3 aromatic rings. The second kappa shape index (κ2) is 4.85. The summed E-state index contributed by atoms with van der Waals surface area (Å²) < 4.78 is 5.22. The molecular weight excluding hydrogens is 258 g/mol. The fourth-order valence-corrected chi connectivity index (χ4v) is 2.80. The van der Waals surface area contributed by atoms with Crippen molar-refractivity contribution in [2.75, 3.05) is 12.8 Å². The molecule has 4 nitrogen and oxygen atoms in total. The topological polar surface area (TPSA) is 63.9 Å². The van der Waals surface area contributed by atoms with Crippen molar-refractivity contribution < 1.29 is 4.74 Å². The second-order valence-corrected chi connectivity index (χ2v) is 5.24. The SMILES string of the molecule is COc1cccc(Sc2cc3[nH]ncc3cc2N)c1. The van der Waals surface area contributed by atoms with Gasteiger partial charge in [-0.3, -0.25) is 5.10 Å². The average molecular weight is 271 g/mol. The number of methoxy groups -OCH3 is 1. The number of benzene rings is 2. The van der Waals surface area contributed by atoms with Gasteiger partial charge in [0.15, 0.2) is 0 Å². The molecule has 1 heterocycles.